The highest BCUT2D eigenvalue weighted by Gasteiger charge is 2.25. The maximum Gasteiger partial charge on any atom is 0.472 e. The van der Waals surface area contributed by atoms with E-state index in [9.17, 15) is 14.3 Å². The molecule has 0 rings (SSSR count). The number of carbonyl (C=O) groups is 1. The zero-order valence-corrected chi connectivity index (χ0v) is 46.0. The van der Waals surface area contributed by atoms with Crippen LogP contribution in [-0.4, -0.2) is 49.9 Å². The van der Waals surface area contributed by atoms with Crippen LogP contribution in [0.15, 0.2) is 36.5 Å². The molecule has 2 unspecified atom stereocenters. The molecule has 0 aliphatic rings. The summed E-state index contributed by atoms with van der Waals surface area (Å²) in [5.41, 5.74) is 5.41. The summed E-state index contributed by atoms with van der Waals surface area (Å²) in [6.45, 7) is 4.97. The van der Waals surface area contributed by atoms with Crippen LogP contribution in [0.2, 0.25) is 0 Å². The second kappa shape index (κ2) is 56.6. The molecule has 3 N–H and O–H groups in total. The van der Waals surface area contributed by atoms with Gasteiger partial charge in [-0.2, -0.15) is 0 Å². The predicted molar refractivity (Wildman–Crippen MR) is 293 cm³/mol. The fourth-order valence-electron chi connectivity index (χ4n) is 8.67. The first-order valence-electron chi connectivity index (χ1n) is 29.5. The van der Waals surface area contributed by atoms with Crippen molar-refractivity contribution in [2.24, 2.45) is 5.73 Å². The Kier molecular flexibility index (Phi) is 55.6. The topological polar surface area (TPSA) is 117 Å². The molecule has 402 valence electrons. The Morgan fingerprint density at radius 1 is 0.441 bits per heavy atom. The van der Waals surface area contributed by atoms with E-state index in [1.54, 1.807) is 0 Å². The third-order valence-electron chi connectivity index (χ3n) is 13.0. The molecule has 0 amide bonds. The van der Waals surface area contributed by atoms with E-state index < -0.39 is 13.9 Å². The van der Waals surface area contributed by atoms with Crippen molar-refractivity contribution in [2.75, 3.05) is 33.0 Å². The van der Waals surface area contributed by atoms with Crippen LogP contribution in [0.3, 0.4) is 0 Å². The van der Waals surface area contributed by atoms with E-state index in [0.29, 0.717) is 13.0 Å². The van der Waals surface area contributed by atoms with Gasteiger partial charge < -0.3 is 20.1 Å². The number of nitrogens with two attached hydrogens (primary N) is 1. The molecule has 0 heterocycles. The van der Waals surface area contributed by atoms with Gasteiger partial charge in [-0.05, 0) is 70.6 Å². The molecule has 2 atom stereocenters. The van der Waals surface area contributed by atoms with Gasteiger partial charge in [-0.15, -0.1) is 0 Å². The van der Waals surface area contributed by atoms with E-state index in [-0.39, 0.29) is 32.3 Å². The number of esters is 1. The summed E-state index contributed by atoms with van der Waals surface area (Å²) in [4.78, 5) is 22.7. The molecule has 0 aromatic rings. The van der Waals surface area contributed by atoms with Gasteiger partial charge in [0.1, 0.15) is 6.10 Å². The molecule has 0 fully saturated rings. The normalized spacial score (nSPS) is 13.4. The molecule has 0 radical (unpaired) electrons. The molecule has 0 spiro atoms. The van der Waals surface area contributed by atoms with Gasteiger partial charge in [0.05, 0.1) is 19.8 Å². The van der Waals surface area contributed by atoms with Crippen LogP contribution >= 0.6 is 7.82 Å². The minimum absolute atomic E-state index is 0.0942. The molecular weight excluding hydrogens is 866 g/mol. The second-order valence-electron chi connectivity index (χ2n) is 19.9. The summed E-state index contributed by atoms with van der Waals surface area (Å²) >= 11 is 0. The van der Waals surface area contributed by atoms with Crippen LogP contribution in [-0.2, 0) is 27.9 Å². The van der Waals surface area contributed by atoms with Gasteiger partial charge in [0.15, 0.2) is 0 Å². The summed E-state index contributed by atoms with van der Waals surface area (Å²) in [6.07, 6.45) is 69.1. The summed E-state index contributed by atoms with van der Waals surface area (Å²) in [6, 6.07) is 0. The molecule has 0 aliphatic carbocycles. The first-order valence-corrected chi connectivity index (χ1v) is 31.0. The van der Waals surface area contributed by atoms with Crippen molar-refractivity contribution in [3.8, 4) is 0 Å². The van der Waals surface area contributed by atoms with Crippen LogP contribution in [0.1, 0.15) is 296 Å². The summed E-state index contributed by atoms with van der Waals surface area (Å²) < 4.78 is 33.7. The predicted octanol–water partition coefficient (Wildman–Crippen LogP) is 18.9. The van der Waals surface area contributed by atoms with E-state index in [2.05, 4.69) is 50.3 Å². The summed E-state index contributed by atoms with van der Waals surface area (Å²) in [5.74, 6) is -0.326. The van der Waals surface area contributed by atoms with Crippen LogP contribution in [0.4, 0.5) is 0 Å². The lowest BCUT2D eigenvalue weighted by Gasteiger charge is -2.20. The van der Waals surface area contributed by atoms with E-state index in [1.165, 1.54) is 238 Å². The third-order valence-corrected chi connectivity index (χ3v) is 14.0. The molecular formula is C59H114NO7P. The average molecular weight is 981 g/mol. The van der Waals surface area contributed by atoms with Gasteiger partial charge in [0, 0.05) is 19.6 Å². The Balaban J connectivity index is 3.85. The Morgan fingerprint density at radius 3 is 1.16 bits per heavy atom. The van der Waals surface area contributed by atoms with Gasteiger partial charge in [0.2, 0.25) is 0 Å². The Bertz CT molecular complexity index is 1150. The van der Waals surface area contributed by atoms with E-state index in [0.717, 1.165) is 38.5 Å². The molecule has 68 heavy (non-hydrogen) atoms. The van der Waals surface area contributed by atoms with Crippen molar-refractivity contribution in [1.29, 1.82) is 0 Å². The number of allylic oxidation sites excluding steroid dienone is 6. The van der Waals surface area contributed by atoms with Crippen molar-refractivity contribution in [3.05, 3.63) is 36.5 Å². The number of hydrogen-bond acceptors (Lipinski definition) is 7. The number of phosphoric ester groups is 1. The second-order valence-corrected chi connectivity index (χ2v) is 21.3. The zero-order chi connectivity index (χ0) is 49.4. The number of hydrogen-bond donors (Lipinski definition) is 2. The lowest BCUT2D eigenvalue weighted by molar-refractivity contribution is -0.154. The van der Waals surface area contributed by atoms with Crippen molar-refractivity contribution in [3.63, 3.8) is 0 Å². The highest BCUT2D eigenvalue weighted by Crippen LogP contribution is 2.43. The van der Waals surface area contributed by atoms with Gasteiger partial charge in [-0.1, -0.05) is 256 Å². The SMILES string of the molecule is CCCCCCC/C=C\C/C=C\CCCCCCCCCCCCCCCCOCC(COP(=O)(O)OCCN)OC(=O)CCCCCCCCCCCCC/C=C\CCCCCCCCCC. The van der Waals surface area contributed by atoms with Crippen LogP contribution < -0.4 is 5.73 Å². The number of unbranched alkanes of at least 4 members (excludes halogenated alkanes) is 38. The number of carbonyl (C=O) groups excluding carboxylic acids is 1. The van der Waals surface area contributed by atoms with E-state index in [4.69, 9.17) is 24.3 Å². The molecule has 0 saturated carbocycles. The lowest BCUT2D eigenvalue weighted by Crippen LogP contribution is -2.28. The smallest absolute Gasteiger partial charge is 0.457 e. The molecule has 0 aliphatic heterocycles. The van der Waals surface area contributed by atoms with Gasteiger partial charge in [-0.25, -0.2) is 4.57 Å². The summed E-state index contributed by atoms with van der Waals surface area (Å²) in [7, 11) is -4.29. The lowest BCUT2D eigenvalue weighted by atomic mass is 10.0. The molecule has 0 aromatic carbocycles. The molecule has 0 bridgehead atoms. The molecule has 9 heteroatoms. The summed E-state index contributed by atoms with van der Waals surface area (Å²) in [5, 5.41) is 0. The van der Waals surface area contributed by atoms with Gasteiger partial charge in [0.25, 0.3) is 0 Å². The van der Waals surface area contributed by atoms with Crippen molar-refractivity contribution < 1.29 is 32.8 Å². The first-order chi connectivity index (χ1) is 33.4. The standard InChI is InChI=1S/C59H114NO7P/c1-3-5-7-9-11-13-15-17-19-21-23-25-27-28-29-31-33-35-37-39-41-43-45-47-49-51-54-64-56-58(57-66-68(62,63)65-55-53-60)67-59(61)52-50-48-46-44-42-40-38-36-34-32-30-26-24-22-20-18-16-14-12-10-8-6-4-2/h15,17,21-24,58H,3-14,16,18-20,25-57,60H2,1-2H3,(H,62,63)/b17-15-,23-21-,24-22-. The number of ether oxygens (including phenoxy) is 2. The highest BCUT2D eigenvalue weighted by molar-refractivity contribution is 7.47. The van der Waals surface area contributed by atoms with Gasteiger partial charge >= 0.3 is 13.8 Å². The number of rotatable bonds is 57. The van der Waals surface area contributed by atoms with Crippen molar-refractivity contribution >= 4 is 13.8 Å². The van der Waals surface area contributed by atoms with E-state index in [1.807, 2.05) is 0 Å². The van der Waals surface area contributed by atoms with Gasteiger partial charge in [-0.3, -0.25) is 13.8 Å². The first kappa shape index (κ1) is 66.7. The van der Waals surface area contributed by atoms with Crippen LogP contribution in [0.25, 0.3) is 0 Å². The maximum absolute atomic E-state index is 12.7. The Labute approximate surface area is 422 Å². The average Bonchev–Trinajstić information content (AvgIpc) is 3.33. The quantitative estimate of drug-likeness (QED) is 0.0268. The van der Waals surface area contributed by atoms with Crippen molar-refractivity contribution in [1.82, 2.24) is 0 Å². The monoisotopic (exact) mass is 980 g/mol. The third kappa shape index (κ3) is 55.6. The van der Waals surface area contributed by atoms with Crippen LogP contribution in [0.5, 0.6) is 0 Å². The maximum atomic E-state index is 12.7. The Morgan fingerprint density at radius 2 is 0.779 bits per heavy atom. The number of phosphoric acid groups is 1. The van der Waals surface area contributed by atoms with Crippen LogP contribution in [0, 0.1) is 0 Å². The zero-order valence-electron chi connectivity index (χ0n) is 45.1. The highest BCUT2D eigenvalue weighted by atomic mass is 31.2. The molecule has 0 saturated heterocycles. The molecule has 0 aromatic heterocycles. The fraction of sp³-hybridized carbons (Fsp3) is 0.881. The van der Waals surface area contributed by atoms with E-state index >= 15 is 0 Å². The van der Waals surface area contributed by atoms with Crippen molar-refractivity contribution in [2.45, 2.75) is 302 Å². The Hall–Kier alpha value is -1.28. The largest absolute Gasteiger partial charge is 0.472 e. The minimum atomic E-state index is -4.29. The fourth-order valence-corrected chi connectivity index (χ4v) is 9.44. The minimum Gasteiger partial charge on any atom is -0.457 e. The molecule has 8 nitrogen and oxygen atoms in total.